The van der Waals surface area contributed by atoms with Crippen molar-refractivity contribution >= 4 is 27.5 Å². The first kappa shape index (κ1) is 15.5. The Kier molecular flexibility index (Phi) is 5.22. The number of hydrogen-bond donors (Lipinski definition) is 2. The minimum absolute atomic E-state index is 0.146. The van der Waals surface area contributed by atoms with Gasteiger partial charge in [-0.15, -0.1) is 0 Å². The summed E-state index contributed by atoms with van der Waals surface area (Å²) >= 11 is 9.38. The normalized spacial score (nSPS) is 14.1. The predicted octanol–water partition coefficient (Wildman–Crippen LogP) is 4.19. The first-order valence-electron chi connectivity index (χ1n) is 6.42. The van der Waals surface area contributed by atoms with Crippen molar-refractivity contribution in [3.05, 3.63) is 68.7 Å². The summed E-state index contributed by atoms with van der Waals surface area (Å²) in [6.45, 7) is 2.40. The van der Waals surface area contributed by atoms with Crippen LogP contribution in [0.1, 0.15) is 28.7 Å². The van der Waals surface area contributed by atoms with E-state index in [-0.39, 0.29) is 5.92 Å². The summed E-state index contributed by atoms with van der Waals surface area (Å²) in [5.41, 5.74) is 8.87. The Labute approximate surface area is 132 Å². The highest BCUT2D eigenvalue weighted by Crippen LogP contribution is 2.35. The minimum atomic E-state index is -0.673. The highest BCUT2D eigenvalue weighted by atomic mass is 79.9. The van der Waals surface area contributed by atoms with E-state index >= 15 is 0 Å². The second-order valence-electron chi connectivity index (χ2n) is 4.87. The first-order chi connectivity index (χ1) is 9.52. The molecule has 0 bridgehead atoms. The standard InChI is InChI=1S/C16H17BrClNO/c1-10-3-2-4-11(7-10)14(9-19)16(20)13-6-5-12(18)8-15(13)17/h2-8,14,16,20H,9,19H2,1H3. The van der Waals surface area contributed by atoms with E-state index in [2.05, 4.69) is 22.0 Å². The zero-order valence-electron chi connectivity index (χ0n) is 11.2. The summed E-state index contributed by atoms with van der Waals surface area (Å²) in [6.07, 6.45) is -0.673. The lowest BCUT2D eigenvalue weighted by Gasteiger charge is -2.23. The third-order valence-electron chi connectivity index (χ3n) is 3.39. The third-order valence-corrected chi connectivity index (χ3v) is 4.31. The molecule has 106 valence electrons. The molecule has 0 spiro atoms. The summed E-state index contributed by atoms with van der Waals surface area (Å²) in [4.78, 5) is 0. The minimum Gasteiger partial charge on any atom is -0.388 e. The average molecular weight is 355 g/mol. The molecule has 2 atom stereocenters. The fraction of sp³-hybridized carbons (Fsp3) is 0.250. The molecule has 0 aromatic heterocycles. The van der Waals surface area contributed by atoms with E-state index < -0.39 is 6.10 Å². The highest BCUT2D eigenvalue weighted by Gasteiger charge is 2.23. The van der Waals surface area contributed by atoms with Crippen LogP contribution >= 0.6 is 27.5 Å². The van der Waals surface area contributed by atoms with Crippen molar-refractivity contribution in [1.29, 1.82) is 0 Å². The van der Waals surface area contributed by atoms with Crippen molar-refractivity contribution in [1.82, 2.24) is 0 Å². The second kappa shape index (κ2) is 6.72. The molecular formula is C16H17BrClNO. The number of aryl methyl sites for hydroxylation is 1. The molecule has 0 heterocycles. The third kappa shape index (κ3) is 3.41. The van der Waals surface area contributed by atoms with Crippen molar-refractivity contribution in [3.63, 3.8) is 0 Å². The molecule has 0 saturated carbocycles. The van der Waals surface area contributed by atoms with Gasteiger partial charge in [0.15, 0.2) is 0 Å². The van der Waals surface area contributed by atoms with Crippen LogP contribution in [0.4, 0.5) is 0 Å². The summed E-state index contributed by atoms with van der Waals surface area (Å²) in [6, 6.07) is 13.5. The van der Waals surface area contributed by atoms with Crippen molar-refractivity contribution in [2.24, 2.45) is 5.73 Å². The molecule has 20 heavy (non-hydrogen) atoms. The largest absolute Gasteiger partial charge is 0.388 e. The van der Waals surface area contributed by atoms with Gasteiger partial charge in [0, 0.05) is 22.0 Å². The summed E-state index contributed by atoms with van der Waals surface area (Å²) < 4.78 is 0.795. The van der Waals surface area contributed by atoms with E-state index in [1.54, 1.807) is 12.1 Å². The Hall–Kier alpha value is -0.870. The van der Waals surface area contributed by atoms with Gasteiger partial charge in [-0.25, -0.2) is 0 Å². The molecule has 0 aliphatic carbocycles. The van der Waals surface area contributed by atoms with Crippen LogP contribution in [0.25, 0.3) is 0 Å². The maximum Gasteiger partial charge on any atom is 0.0881 e. The van der Waals surface area contributed by atoms with E-state index in [9.17, 15) is 5.11 Å². The van der Waals surface area contributed by atoms with E-state index in [0.29, 0.717) is 11.6 Å². The van der Waals surface area contributed by atoms with Crippen molar-refractivity contribution in [3.8, 4) is 0 Å². The Morgan fingerprint density at radius 3 is 2.60 bits per heavy atom. The van der Waals surface area contributed by atoms with Crippen LogP contribution in [0.5, 0.6) is 0 Å². The molecule has 4 heteroatoms. The number of nitrogens with two attached hydrogens (primary N) is 1. The van der Waals surface area contributed by atoms with Crippen molar-refractivity contribution in [2.45, 2.75) is 18.9 Å². The van der Waals surface area contributed by atoms with Crippen molar-refractivity contribution in [2.75, 3.05) is 6.54 Å². The number of aliphatic hydroxyl groups excluding tert-OH is 1. The molecule has 0 saturated heterocycles. The maximum absolute atomic E-state index is 10.6. The monoisotopic (exact) mass is 353 g/mol. The number of aliphatic hydroxyl groups is 1. The SMILES string of the molecule is Cc1cccc(C(CN)C(O)c2ccc(Cl)cc2Br)c1. The lowest BCUT2D eigenvalue weighted by Crippen LogP contribution is -2.20. The molecule has 0 fully saturated rings. The smallest absolute Gasteiger partial charge is 0.0881 e. The van der Waals surface area contributed by atoms with Gasteiger partial charge in [0.1, 0.15) is 0 Å². The molecule has 2 rings (SSSR count). The van der Waals surface area contributed by atoms with Crippen LogP contribution in [0.3, 0.4) is 0 Å². The van der Waals surface area contributed by atoms with Gasteiger partial charge >= 0.3 is 0 Å². The van der Waals surface area contributed by atoms with Crippen LogP contribution < -0.4 is 5.73 Å². The molecular weight excluding hydrogens is 338 g/mol. The molecule has 0 amide bonds. The fourth-order valence-electron chi connectivity index (χ4n) is 2.31. The average Bonchev–Trinajstić information content (AvgIpc) is 2.39. The Balaban J connectivity index is 2.36. The Morgan fingerprint density at radius 1 is 1.25 bits per heavy atom. The molecule has 0 aliphatic rings. The summed E-state index contributed by atoms with van der Waals surface area (Å²) in [7, 11) is 0. The molecule has 2 unspecified atom stereocenters. The molecule has 2 aromatic carbocycles. The summed E-state index contributed by atoms with van der Waals surface area (Å²) in [5, 5.41) is 11.3. The van der Waals surface area contributed by atoms with Crippen LogP contribution in [-0.2, 0) is 0 Å². The van der Waals surface area contributed by atoms with Gasteiger partial charge in [-0.1, -0.05) is 63.4 Å². The molecule has 0 aliphatic heterocycles. The van der Waals surface area contributed by atoms with Gasteiger partial charge in [-0.3, -0.25) is 0 Å². The second-order valence-corrected chi connectivity index (χ2v) is 6.16. The van der Waals surface area contributed by atoms with Gasteiger partial charge in [-0.2, -0.15) is 0 Å². The summed E-state index contributed by atoms with van der Waals surface area (Å²) in [5.74, 6) is -0.146. The number of benzene rings is 2. The molecule has 2 nitrogen and oxygen atoms in total. The number of rotatable bonds is 4. The molecule has 2 aromatic rings. The van der Waals surface area contributed by atoms with Crippen LogP contribution in [-0.4, -0.2) is 11.7 Å². The zero-order valence-corrected chi connectivity index (χ0v) is 13.5. The highest BCUT2D eigenvalue weighted by molar-refractivity contribution is 9.10. The fourth-order valence-corrected chi connectivity index (χ4v) is 3.22. The van der Waals surface area contributed by atoms with Crippen molar-refractivity contribution < 1.29 is 5.11 Å². The Bertz CT molecular complexity index is 603. The quantitative estimate of drug-likeness (QED) is 0.865. The topological polar surface area (TPSA) is 46.2 Å². The maximum atomic E-state index is 10.6. The molecule has 3 N–H and O–H groups in total. The lowest BCUT2D eigenvalue weighted by atomic mass is 9.88. The van der Waals surface area contributed by atoms with E-state index in [0.717, 1.165) is 21.2 Å². The van der Waals surface area contributed by atoms with E-state index in [1.807, 2.05) is 31.2 Å². The van der Waals surface area contributed by atoms with Gasteiger partial charge in [-0.05, 0) is 30.2 Å². The van der Waals surface area contributed by atoms with E-state index in [4.69, 9.17) is 17.3 Å². The number of hydrogen-bond acceptors (Lipinski definition) is 2. The lowest BCUT2D eigenvalue weighted by molar-refractivity contribution is 0.146. The zero-order chi connectivity index (χ0) is 14.7. The Morgan fingerprint density at radius 2 is 2.00 bits per heavy atom. The van der Waals surface area contributed by atoms with Crippen LogP contribution in [0.15, 0.2) is 46.9 Å². The van der Waals surface area contributed by atoms with Gasteiger partial charge in [0.2, 0.25) is 0 Å². The first-order valence-corrected chi connectivity index (χ1v) is 7.59. The van der Waals surface area contributed by atoms with Gasteiger partial charge in [0.25, 0.3) is 0 Å². The van der Waals surface area contributed by atoms with Crippen LogP contribution in [0, 0.1) is 6.92 Å². The van der Waals surface area contributed by atoms with Gasteiger partial charge < -0.3 is 10.8 Å². The van der Waals surface area contributed by atoms with Gasteiger partial charge in [0.05, 0.1) is 6.10 Å². The number of halogens is 2. The van der Waals surface area contributed by atoms with E-state index in [1.165, 1.54) is 0 Å². The predicted molar refractivity (Wildman–Crippen MR) is 87.1 cm³/mol. The van der Waals surface area contributed by atoms with Crippen LogP contribution in [0.2, 0.25) is 5.02 Å². The molecule has 0 radical (unpaired) electrons.